The van der Waals surface area contributed by atoms with Gasteiger partial charge >= 0.3 is 0 Å². The molecule has 0 bridgehead atoms. The predicted molar refractivity (Wildman–Crippen MR) is 54.7 cm³/mol. The van der Waals surface area contributed by atoms with Gasteiger partial charge in [-0.25, -0.2) is 0 Å². The van der Waals surface area contributed by atoms with Gasteiger partial charge in [-0.05, 0) is 26.0 Å². The van der Waals surface area contributed by atoms with E-state index in [4.69, 9.17) is 10.6 Å². The van der Waals surface area contributed by atoms with Crippen LogP contribution in [0.3, 0.4) is 0 Å². The van der Waals surface area contributed by atoms with Crippen LogP contribution in [0.15, 0.2) is 29.4 Å². The van der Waals surface area contributed by atoms with Crippen molar-refractivity contribution in [2.24, 2.45) is 5.16 Å². The van der Waals surface area contributed by atoms with E-state index in [0.717, 1.165) is 17.0 Å². The van der Waals surface area contributed by atoms with Gasteiger partial charge < -0.3 is 10.6 Å². The highest BCUT2D eigenvalue weighted by Gasteiger charge is 1.97. The Hall–Kier alpha value is -1.51. The molecule has 70 valence electrons. The Bertz CT molecular complexity index is 308. The summed E-state index contributed by atoms with van der Waals surface area (Å²) in [5, 5.41) is 3.92. The summed E-state index contributed by atoms with van der Waals surface area (Å²) in [6, 6.07) is 7.57. The molecule has 1 aromatic rings. The quantitative estimate of drug-likeness (QED) is 0.437. The van der Waals surface area contributed by atoms with Gasteiger partial charge in [-0.3, -0.25) is 0 Å². The van der Waals surface area contributed by atoms with Crippen molar-refractivity contribution in [2.75, 3.05) is 12.3 Å². The molecule has 2 N–H and O–H groups in total. The first kappa shape index (κ1) is 9.58. The zero-order valence-electron chi connectivity index (χ0n) is 7.95. The number of oxime groups is 1. The molecule has 0 radical (unpaired) electrons. The topological polar surface area (TPSA) is 47.6 Å². The highest BCUT2D eigenvalue weighted by Crippen LogP contribution is 2.07. The minimum Gasteiger partial charge on any atom is -0.399 e. The van der Waals surface area contributed by atoms with Gasteiger partial charge in [0.15, 0.2) is 0 Å². The van der Waals surface area contributed by atoms with Crippen molar-refractivity contribution in [1.29, 1.82) is 0 Å². The van der Waals surface area contributed by atoms with E-state index in [1.165, 1.54) is 0 Å². The second kappa shape index (κ2) is 4.50. The first-order chi connectivity index (χ1) is 6.24. The Kier molecular flexibility index (Phi) is 3.31. The molecule has 0 atom stereocenters. The highest BCUT2D eigenvalue weighted by atomic mass is 16.6. The Labute approximate surface area is 78.2 Å². The van der Waals surface area contributed by atoms with Crippen LogP contribution >= 0.6 is 0 Å². The molecule has 0 aromatic heterocycles. The molecule has 0 heterocycles. The number of nitrogens with two attached hydrogens (primary N) is 1. The van der Waals surface area contributed by atoms with Crippen LogP contribution in [0.25, 0.3) is 0 Å². The van der Waals surface area contributed by atoms with Crippen LogP contribution in [-0.2, 0) is 4.84 Å². The average molecular weight is 178 g/mol. The number of anilines is 1. The van der Waals surface area contributed by atoms with Crippen LogP contribution < -0.4 is 5.73 Å². The van der Waals surface area contributed by atoms with Gasteiger partial charge in [0.05, 0.1) is 5.71 Å². The third kappa shape index (κ3) is 2.78. The molecule has 0 spiro atoms. The van der Waals surface area contributed by atoms with Crippen molar-refractivity contribution in [3.63, 3.8) is 0 Å². The lowest BCUT2D eigenvalue weighted by molar-refractivity contribution is 0.159. The maximum absolute atomic E-state index is 5.63. The summed E-state index contributed by atoms with van der Waals surface area (Å²) >= 11 is 0. The first-order valence-electron chi connectivity index (χ1n) is 4.26. The maximum atomic E-state index is 5.63. The molecule has 3 nitrogen and oxygen atoms in total. The van der Waals surface area contributed by atoms with Crippen molar-refractivity contribution >= 4 is 11.4 Å². The molecule has 0 amide bonds. The van der Waals surface area contributed by atoms with Crippen LogP contribution in [0.5, 0.6) is 0 Å². The number of hydrogen-bond acceptors (Lipinski definition) is 3. The van der Waals surface area contributed by atoms with Gasteiger partial charge in [0, 0.05) is 11.3 Å². The van der Waals surface area contributed by atoms with Gasteiger partial charge in [-0.2, -0.15) is 0 Å². The Morgan fingerprint density at radius 2 is 2.31 bits per heavy atom. The van der Waals surface area contributed by atoms with Crippen LogP contribution in [0.1, 0.15) is 19.4 Å². The van der Waals surface area contributed by atoms with E-state index in [1.807, 2.05) is 38.1 Å². The number of nitrogens with zero attached hydrogens (tertiary/aromatic N) is 1. The third-order valence-electron chi connectivity index (χ3n) is 1.63. The molecule has 13 heavy (non-hydrogen) atoms. The average Bonchev–Trinajstić information content (AvgIpc) is 2.14. The van der Waals surface area contributed by atoms with Gasteiger partial charge in [0.1, 0.15) is 6.61 Å². The summed E-state index contributed by atoms with van der Waals surface area (Å²) < 4.78 is 0. The highest BCUT2D eigenvalue weighted by molar-refractivity contribution is 5.98. The lowest BCUT2D eigenvalue weighted by atomic mass is 10.1. The summed E-state index contributed by atoms with van der Waals surface area (Å²) in [5.41, 5.74) is 8.20. The Balaban J connectivity index is 2.82. The SMILES string of the molecule is CCO/N=C(\C)c1cccc(N)c1. The van der Waals surface area contributed by atoms with E-state index in [0.29, 0.717) is 6.61 Å². The van der Waals surface area contributed by atoms with E-state index in [1.54, 1.807) is 0 Å². The number of nitrogen functional groups attached to an aromatic ring is 1. The molecule has 1 aromatic carbocycles. The summed E-state index contributed by atoms with van der Waals surface area (Å²) in [4.78, 5) is 4.94. The number of rotatable bonds is 3. The van der Waals surface area contributed by atoms with E-state index < -0.39 is 0 Å². The molecule has 0 aliphatic heterocycles. The van der Waals surface area contributed by atoms with Crippen LogP contribution in [0, 0.1) is 0 Å². The first-order valence-corrected chi connectivity index (χ1v) is 4.26. The monoisotopic (exact) mass is 178 g/mol. The molecule has 0 unspecified atom stereocenters. The fourth-order valence-electron chi connectivity index (χ4n) is 0.978. The van der Waals surface area contributed by atoms with Crippen LogP contribution in [-0.4, -0.2) is 12.3 Å². The standard InChI is InChI=1S/C10H14N2O/c1-3-13-12-8(2)9-5-4-6-10(11)7-9/h4-7H,3,11H2,1-2H3/b12-8+. The largest absolute Gasteiger partial charge is 0.399 e. The minimum absolute atomic E-state index is 0.583. The predicted octanol–water partition coefficient (Wildman–Crippen LogP) is 2.03. The number of benzene rings is 1. The van der Waals surface area contributed by atoms with Crippen LogP contribution in [0.2, 0.25) is 0 Å². The van der Waals surface area contributed by atoms with E-state index >= 15 is 0 Å². The van der Waals surface area contributed by atoms with Crippen molar-refractivity contribution < 1.29 is 4.84 Å². The van der Waals surface area contributed by atoms with E-state index in [9.17, 15) is 0 Å². The zero-order chi connectivity index (χ0) is 9.68. The van der Waals surface area contributed by atoms with Crippen molar-refractivity contribution in [2.45, 2.75) is 13.8 Å². The molecule has 0 aliphatic carbocycles. The third-order valence-corrected chi connectivity index (χ3v) is 1.63. The van der Waals surface area contributed by atoms with Gasteiger partial charge in [0.2, 0.25) is 0 Å². The zero-order valence-corrected chi connectivity index (χ0v) is 7.95. The minimum atomic E-state index is 0.583. The lowest BCUT2D eigenvalue weighted by Crippen LogP contribution is -1.97. The summed E-state index contributed by atoms with van der Waals surface area (Å²) in [5.74, 6) is 0. The lowest BCUT2D eigenvalue weighted by Gasteiger charge is -2.01. The fourth-order valence-corrected chi connectivity index (χ4v) is 0.978. The fraction of sp³-hybridized carbons (Fsp3) is 0.300. The van der Waals surface area contributed by atoms with Gasteiger partial charge in [-0.15, -0.1) is 0 Å². The smallest absolute Gasteiger partial charge is 0.114 e. The second-order valence-corrected chi connectivity index (χ2v) is 2.72. The van der Waals surface area contributed by atoms with Crippen molar-refractivity contribution in [3.8, 4) is 0 Å². The summed E-state index contributed by atoms with van der Waals surface area (Å²) in [6.07, 6.45) is 0. The van der Waals surface area contributed by atoms with Crippen molar-refractivity contribution in [1.82, 2.24) is 0 Å². The van der Waals surface area contributed by atoms with E-state index in [2.05, 4.69) is 5.16 Å². The molecular weight excluding hydrogens is 164 g/mol. The Morgan fingerprint density at radius 1 is 1.54 bits per heavy atom. The molecule has 0 fully saturated rings. The molecule has 1 rings (SSSR count). The van der Waals surface area contributed by atoms with Crippen molar-refractivity contribution in [3.05, 3.63) is 29.8 Å². The molecule has 0 aliphatic rings. The molecular formula is C10H14N2O. The normalized spacial score (nSPS) is 11.4. The van der Waals surface area contributed by atoms with Gasteiger partial charge in [-0.1, -0.05) is 17.3 Å². The van der Waals surface area contributed by atoms with Gasteiger partial charge in [0.25, 0.3) is 0 Å². The second-order valence-electron chi connectivity index (χ2n) is 2.72. The molecule has 3 heteroatoms. The summed E-state index contributed by atoms with van der Waals surface area (Å²) in [6.45, 7) is 4.38. The Morgan fingerprint density at radius 3 is 2.92 bits per heavy atom. The number of hydrogen-bond donors (Lipinski definition) is 1. The maximum Gasteiger partial charge on any atom is 0.114 e. The molecule has 0 saturated heterocycles. The van der Waals surface area contributed by atoms with E-state index in [-0.39, 0.29) is 0 Å². The molecule has 0 saturated carbocycles. The van der Waals surface area contributed by atoms with Crippen LogP contribution in [0.4, 0.5) is 5.69 Å². The summed E-state index contributed by atoms with van der Waals surface area (Å²) in [7, 11) is 0.